The summed E-state index contributed by atoms with van der Waals surface area (Å²) in [6.45, 7) is 15.0. The van der Waals surface area contributed by atoms with Crippen LogP contribution in [0.4, 0.5) is 0 Å². The average molecular weight is 309 g/mol. The second-order valence-electron chi connectivity index (χ2n) is 7.74. The molecule has 0 bridgehead atoms. The van der Waals surface area contributed by atoms with Gasteiger partial charge in [0.2, 0.25) is 0 Å². The smallest absolute Gasteiger partial charge is 0.113 e. The molecule has 0 aromatic carbocycles. The lowest BCUT2D eigenvalue weighted by molar-refractivity contribution is 0.0794. The van der Waals surface area contributed by atoms with Gasteiger partial charge < -0.3 is 5.32 Å². The van der Waals surface area contributed by atoms with E-state index in [2.05, 4.69) is 46.9 Å². The van der Waals surface area contributed by atoms with E-state index in [1.165, 1.54) is 41.3 Å². The molecule has 3 heteroatoms. The normalized spacial score (nSPS) is 28.8. The van der Waals surface area contributed by atoms with Gasteiger partial charge in [-0.25, -0.2) is 4.98 Å². The molecule has 2 nitrogen and oxygen atoms in total. The lowest BCUT2D eigenvalue weighted by Crippen LogP contribution is -2.50. The molecule has 1 aromatic rings. The van der Waals surface area contributed by atoms with Crippen LogP contribution in [0.1, 0.15) is 75.9 Å². The van der Waals surface area contributed by atoms with E-state index < -0.39 is 0 Å². The van der Waals surface area contributed by atoms with E-state index in [1.54, 1.807) is 0 Å². The molecular formula is C18H32N2S. The summed E-state index contributed by atoms with van der Waals surface area (Å²) in [5.74, 6) is 0.757. The fourth-order valence-electron chi connectivity index (χ4n) is 4.27. The molecule has 1 aromatic heterocycles. The first-order valence-electron chi connectivity index (χ1n) is 8.53. The van der Waals surface area contributed by atoms with Crippen LogP contribution in [0.3, 0.4) is 0 Å². The third kappa shape index (κ3) is 3.68. The van der Waals surface area contributed by atoms with Crippen molar-refractivity contribution in [2.45, 2.75) is 79.2 Å². The van der Waals surface area contributed by atoms with Crippen molar-refractivity contribution in [2.24, 2.45) is 11.3 Å². The van der Waals surface area contributed by atoms with Gasteiger partial charge in [-0.3, -0.25) is 0 Å². The standard InChI is InChI=1S/C18H32N2S/c1-7-9-19-18(11-13(3)10-17(5,6)12-18)16-20-15(8-2)14(4)21-16/h13,19H,7-12H2,1-6H3. The third-order valence-electron chi connectivity index (χ3n) is 4.73. The summed E-state index contributed by atoms with van der Waals surface area (Å²) in [5.41, 5.74) is 1.79. The maximum atomic E-state index is 5.03. The minimum Gasteiger partial charge on any atom is -0.305 e. The second kappa shape index (κ2) is 6.37. The van der Waals surface area contributed by atoms with Gasteiger partial charge in [0, 0.05) is 4.88 Å². The first-order valence-corrected chi connectivity index (χ1v) is 9.35. The van der Waals surface area contributed by atoms with E-state index in [0.717, 1.165) is 18.9 Å². The monoisotopic (exact) mass is 308 g/mol. The number of rotatable bonds is 5. The molecule has 1 saturated carbocycles. The Balaban J connectivity index is 2.40. The van der Waals surface area contributed by atoms with Gasteiger partial charge in [0.1, 0.15) is 5.01 Å². The molecule has 1 N–H and O–H groups in total. The Bertz CT molecular complexity index is 478. The molecule has 0 aliphatic heterocycles. The fourth-order valence-corrected chi connectivity index (χ4v) is 5.45. The molecule has 1 aliphatic carbocycles. The van der Waals surface area contributed by atoms with Crippen LogP contribution in [0.25, 0.3) is 0 Å². The van der Waals surface area contributed by atoms with Gasteiger partial charge in [0.25, 0.3) is 0 Å². The van der Waals surface area contributed by atoms with Gasteiger partial charge in [-0.2, -0.15) is 0 Å². The van der Waals surface area contributed by atoms with Crippen molar-refractivity contribution in [2.75, 3.05) is 6.54 Å². The highest BCUT2D eigenvalue weighted by Crippen LogP contribution is 2.49. The molecule has 1 aliphatic rings. The van der Waals surface area contributed by atoms with Crippen LogP contribution in [0.15, 0.2) is 0 Å². The largest absolute Gasteiger partial charge is 0.305 e. The van der Waals surface area contributed by atoms with Crippen molar-refractivity contribution >= 4 is 11.3 Å². The van der Waals surface area contributed by atoms with Crippen molar-refractivity contribution in [1.82, 2.24) is 10.3 Å². The topological polar surface area (TPSA) is 24.9 Å². The number of hydrogen-bond donors (Lipinski definition) is 1. The summed E-state index contributed by atoms with van der Waals surface area (Å²) < 4.78 is 0. The molecule has 2 unspecified atom stereocenters. The lowest BCUT2D eigenvalue weighted by Gasteiger charge is -2.47. The predicted molar refractivity (Wildman–Crippen MR) is 93.0 cm³/mol. The van der Waals surface area contributed by atoms with Gasteiger partial charge in [-0.05, 0) is 56.9 Å². The molecule has 0 saturated heterocycles. The number of thiazole rings is 1. The Kier molecular flexibility index (Phi) is 5.15. The van der Waals surface area contributed by atoms with Crippen LogP contribution in [-0.4, -0.2) is 11.5 Å². The Morgan fingerprint density at radius 1 is 1.29 bits per heavy atom. The maximum absolute atomic E-state index is 5.03. The molecule has 120 valence electrons. The fraction of sp³-hybridized carbons (Fsp3) is 0.833. The summed E-state index contributed by atoms with van der Waals surface area (Å²) in [5, 5.41) is 5.24. The van der Waals surface area contributed by atoms with E-state index in [9.17, 15) is 0 Å². The molecule has 2 rings (SSSR count). The quantitative estimate of drug-likeness (QED) is 0.823. The van der Waals surface area contributed by atoms with Crippen LogP contribution >= 0.6 is 11.3 Å². The minimum atomic E-state index is 0.0972. The van der Waals surface area contributed by atoms with Gasteiger partial charge >= 0.3 is 0 Å². The number of hydrogen-bond acceptors (Lipinski definition) is 3. The maximum Gasteiger partial charge on any atom is 0.113 e. The van der Waals surface area contributed by atoms with Crippen LogP contribution in [-0.2, 0) is 12.0 Å². The number of aromatic nitrogens is 1. The molecule has 1 heterocycles. The number of nitrogens with zero attached hydrogens (tertiary/aromatic N) is 1. The van der Waals surface area contributed by atoms with Gasteiger partial charge in [0.15, 0.2) is 0 Å². The molecule has 0 spiro atoms. The molecule has 0 radical (unpaired) electrons. The van der Waals surface area contributed by atoms with Gasteiger partial charge in [-0.15, -0.1) is 11.3 Å². The highest BCUT2D eigenvalue weighted by molar-refractivity contribution is 7.11. The van der Waals surface area contributed by atoms with Gasteiger partial charge in [-0.1, -0.05) is 34.6 Å². The summed E-state index contributed by atoms with van der Waals surface area (Å²) in [6, 6.07) is 0. The molecule has 1 fully saturated rings. The summed E-state index contributed by atoms with van der Waals surface area (Å²) in [4.78, 5) is 6.44. The van der Waals surface area contributed by atoms with Crippen LogP contribution < -0.4 is 5.32 Å². The van der Waals surface area contributed by atoms with E-state index >= 15 is 0 Å². The van der Waals surface area contributed by atoms with E-state index in [0.29, 0.717) is 5.41 Å². The zero-order valence-electron chi connectivity index (χ0n) is 14.7. The summed E-state index contributed by atoms with van der Waals surface area (Å²) in [6.07, 6.45) is 5.99. The van der Waals surface area contributed by atoms with Crippen molar-refractivity contribution in [3.8, 4) is 0 Å². The first kappa shape index (κ1) is 17.0. The summed E-state index contributed by atoms with van der Waals surface area (Å²) in [7, 11) is 0. The van der Waals surface area contributed by atoms with Crippen molar-refractivity contribution in [1.29, 1.82) is 0 Å². The zero-order chi connectivity index (χ0) is 15.7. The molecule has 0 amide bonds. The van der Waals surface area contributed by atoms with Crippen LogP contribution in [0.5, 0.6) is 0 Å². The Morgan fingerprint density at radius 3 is 2.52 bits per heavy atom. The summed E-state index contributed by atoms with van der Waals surface area (Å²) >= 11 is 1.92. The number of nitrogens with one attached hydrogen (secondary N) is 1. The van der Waals surface area contributed by atoms with Crippen molar-refractivity contribution < 1.29 is 0 Å². The molecule has 2 atom stereocenters. The predicted octanol–water partition coefficient (Wildman–Crippen LogP) is 5.06. The highest BCUT2D eigenvalue weighted by Gasteiger charge is 2.45. The van der Waals surface area contributed by atoms with Crippen LogP contribution in [0, 0.1) is 18.3 Å². The Labute approximate surface area is 134 Å². The minimum absolute atomic E-state index is 0.0972. The number of aryl methyl sites for hydroxylation is 2. The van der Waals surface area contributed by atoms with E-state index in [-0.39, 0.29) is 5.54 Å². The highest BCUT2D eigenvalue weighted by atomic mass is 32.1. The second-order valence-corrected chi connectivity index (χ2v) is 8.94. The molecular weight excluding hydrogens is 276 g/mol. The lowest BCUT2D eigenvalue weighted by atomic mass is 9.64. The van der Waals surface area contributed by atoms with E-state index in [1.807, 2.05) is 11.3 Å². The SMILES string of the molecule is CCCNC1(c2nc(CC)c(C)s2)CC(C)CC(C)(C)C1. The van der Waals surface area contributed by atoms with Crippen molar-refractivity contribution in [3.05, 3.63) is 15.6 Å². The first-order chi connectivity index (χ1) is 9.82. The average Bonchev–Trinajstić information content (AvgIpc) is 2.76. The molecule has 21 heavy (non-hydrogen) atoms. The van der Waals surface area contributed by atoms with E-state index in [4.69, 9.17) is 4.98 Å². The van der Waals surface area contributed by atoms with Gasteiger partial charge in [0.05, 0.1) is 11.2 Å². The third-order valence-corrected chi connectivity index (χ3v) is 5.95. The van der Waals surface area contributed by atoms with Crippen molar-refractivity contribution in [3.63, 3.8) is 0 Å². The zero-order valence-corrected chi connectivity index (χ0v) is 15.5. The Morgan fingerprint density at radius 2 is 2.00 bits per heavy atom. The Hall–Kier alpha value is -0.410. The van der Waals surface area contributed by atoms with Crippen LogP contribution in [0.2, 0.25) is 0 Å².